The summed E-state index contributed by atoms with van der Waals surface area (Å²) >= 11 is 0. The minimum Gasteiger partial charge on any atom is -0.352 e. The smallest absolute Gasteiger partial charge is 0.221 e. The number of hydrogen-bond acceptors (Lipinski definition) is 3. The normalized spacial score (nSPS) is 11.5. The number of carbonyl (C=O) groups is 1. The number of nitrogens with zero attached hydrogens (tertiary/aromatic N) is 1. The van der Waals surface area contributed by atoms with Gasteiger partial charge < -0.3 is 5.32 Å². The van der Waals surface area contributed by atoms with E-state index in [-0.39, 0.29) is 31.2 Å². The van der Waals surface area contributed by atoms with Crippen LogP contribution in [-0.4, -0.2) is 31.4 Å². The Balaban J connectivity index is 1.88. The third-order valence-electron chi connectivity index (χ3n) is 3.94. The Morgan fingerprint density at radius 2 is 1.62 bits per heavy atom. The summed E-state index contributed by atoms with van der Waals surface area (Å²) in [5.41, 5.74) is 2.79. The first-order valence-electron chi connectivity index (χ1n) is 8.26. The fourth-order valence-electron chi connectivity index (χ4n) is 2.38. The molecule has 0 heterocycles. The Morgan fingerprint density at radius 1 is 1.04 bits per heavy atom. The van der Waals surface area contributed by atoms with E-state index >= 15 is 0 Å². The first kappa shape index (κ1) is 20.1. The maximum absolute atomic E-state index is 13.0. The van der Waals surface area contributed by atoms with Crippen molar-refractivity contribution in [2.45, 2.75) is 26.4 Å². The molecular formula is C19H23FN2O3S. The van der Waals surface area contributed by atoms with Gasteiger partial charge in [0.05, 0.1) is 6.26 Å². The van der Waals surface area contributed by atoms with Crippen LogP contribution in [0.3, 0.4) is 0 Å². The average Bonchev–Trinajstić information content (AvgIpc) is 2.58. The molecule has 0 aliphatic rings. The molecule has 0 radical (unpaired) electrons. The van der Waals surface area contributed by atoms with Crippen molar-refractivity contribution in [1.29, 1.82) is 0 Å². The number of rotatable bonds is 8. The van der Waals surface area contributed by atoms with E-state index in [1.807, 2.05) is 31.2 Å². The van der Waals surface area contributed by atoms with Gasteiger partial charge in [-0.15, -0.1) is 0 Å². The molecule has 0 bridgehead atoms. The van der Waals surface area contributed by atoms with Crippen LogP contribution < -0.4 is 5.32 Å². The molecule has 0 saturated carbocycles. The highest BCUT2D eigenvalue weighted by molar-refractivity contribution is 7.88. The van der Waals surface area contributed by atoms with Crippen molar-refractivity contribution in [3.63, 3.8) is 0 Å². The quantitative estimate of drug-likeness (QED) is 0.768. The molecule has 5 nitrogen and oxygen atoms in total. The van der Waals surface area contributed by atoms with Gasteiger partial charge >= 0.3 is 0 Å². The lowest BCUT2D eigenvalue weighted by atomic mass is 10.1. The lowest BCUT2D eigenvalue weighted by molar-refractivity contribution is -0.121. The van der Waals surface area contributed by atoms with Crippen molar-refractivity contribution < 1.29 is 17.6 Å². The minimum absolute atomic E-state index is 0.0557. The van der Waals surface area contributed by atoms with Gasteiger partial charge in [0.25, 0.3) is 0 Å². The first-order chi connectivity index (χ1) is 12.2. The van der Waals surface area contributed by atoms with Crippen molar-refractivity contribution in [2.24, 2.45) is 0 Å². The molecule has 0 aliphatic carbocycles. The number of carbonyl (C=O) groups excluding carboxylic acids is 1. The zero-order valence-corrected chi connectivity index (χ0v) is 15.7. The van der Waals surface area contributed by atoms with E-state index in [4.69, 9.17) is 0 Å². The Hall–Kier alpha value is -2.25. The molecule has 0 unspecified atom stereocenters. The monoisotopic (exact) mass is 378 g/mol. The lowest BCUT2D eigenvalue weighted by Gasteiger charge is -2.20. The zero-order chi connectivity index (χ0) is 19.2. The minimum atomic E-state index is -3.48. The van der Waals surface area contributed by atoms with Gasteiger partial charge in [-0.2, -0.15) is 4.31 Å². The van der Waals surface area contributed by atoms with Crippen LogP contribution in [0.5, 0.6) is 0 Å². The highest BCUT2D eigenvalue weighted by Gasteiger charge is 2.18. The average molecular weight is 378 g/mol. The second-order valence-electron chi connectivity index (χ2n) is 6.24. The molecule has 2 aromatic carbocycles. The van der Waals surface area contributed by atoms with Crippen molar-refractivity contribution in [3.05, 3.63) is 71.0 Å². The van der Waals surface area contributed by atoms with Crippen LogP contribution in [0, 0.1) is 12.7 Å². The van der Waals surface area contributed by atoms with Crippen LogP contribution >= 0.6 is 0 Å². The number of nitrogens with one attached hydrogen (secondary N) is 1. The third-order valence-corrected chi connectivity index (χ3v) is 5.19. The molecule has 26 heavy (non-hydrogen) atoms. The standard InChI is InChI=1S/C19H23FN2O3S/c1-15-3-5-16(6-4-15)13-21-19(23)11-12-22(26(2,24)25)14-17-7-9-18(20)10-8-17/h3-10H,11-14H2,1-2H3,(H,21,23). The van der Waals surface area contributed by atoms with Gasteiger partial charge in [0.2, 0.25) is 15.9 Å². The Morgan fingerprint density at radius 3 is 2.19 bits per heavy atom. The number of halogens is 1. The Kier molecular flexibility index (Phi) is 6.88. The second kappa shape index (κ2) is 8.91. The van der Waals surface area contributed by atoms with E-state index in [0.717, 1.165) is 17.4 Å². The maximum Gasteiger partial charge on any atom is 0.221 e. The van der Waals surface area contributed by atoms with Gasteiger partial charge in [0, 0.05) is 26.1 Å². The number of amides is 1. The van der Waals surface area contributed by atoms with E-state index in [2.05, 4.69) is 5.32 Å². The molecule has 0 saturated heterocycles. The lowest BCUT2D eigenvalue weighted by Crippen LogP contribution is -2.34. The van der Waals surface area contributed by atoms with Gasteiger partial charge in [-0.05, 0) is 30.2 Å². The highest BCUT2D eigenvalue weighted by atomic mass is 32.2. The molecule has 1 amide bonds. The summed E-state index contributed by atoms with van der Waals surface area (Å²) < 4.78 is 38.1. The van der Waals surface area contributed by atoms with Gasteiger partial charge in [-0.3, -0.25) is 4.79 Å². The molecule has 0 spiro atoms. The molecule has 140 valence electrons. The molecular weight excluding hydrogens is 355 g/mol. The van der Waals surface area contributed by atoms with E-state index < -0.39 is 10.0 Å². The molecule has 7 heteroatoms. The summed E-state index contributed by atoms with van der Waals surface area (Å²) in [5.74, 6) is -0.603. The summed E-state index contributed by atoms with van der Waals surface area (Å²) in [7, 11) is -3.48. The largest absolute Gasteiger partial charge is 0.352 e. The van der Waals surface area contributed by atoms with Crippen molar-refractivity contribution in [2.75, 3.05) is 12.8 Å². The zero-order valence-electron chi connectivity index (χ0n) is 14.9. The molecule has 0 aliphatic heterocycles. The fraction of sp³-hybridized carbons (Fsp3) is 0.316. The fourth-order valence-corrected chi connectivity index (χ4v) is 3.18. The third kappa shape index (κ3) is 6.57. The van der Waals surface area contributed by atoms with Crippen LogP contribution in [0.25, 0.3) is 0 Å². The number of aryl methyl sites for hydroxylation is 1. The van der Waals surface area contributed by atoms with Crippen molar-refractivity contribution >= 4 is 15.9 Å². The van der Waals surface area contributed by atoms with E-state index in [0.29, 0.717) is 12.1 Å². The van der Waals surface area contributed by atoms with Gasteiger partial charge in [0.1, 0.15) is 5.82 Å². The van der Waals surface area contributed by atoms with Gasteiger partial charge in [0.15, 0.2) is 0 Å². The van der Waals surface area contributed by atoms with Gasteiger partial charge in [-0.25, -0.2) is 12.8 Å². The van der Waals surface area contributed by atoms with Crippen LogP contribution in [0.2, 0.25) is 0 Å². The predicted octanol–water partition coefficient (Wildman–Crippen LogP) is 2.60. The summed E-state index contributed by atoms with van der Waals surface area (Å²) in [6, 6.07) is 13.4. The van der Waals surface area contributed by atoms with Crippen molar-refractivity contribution in [3.8, 4) is 0 Å². The second-order valence-corrected chi connectivity index (χ2v) is 8.22. The van der Waals surface area contributed by atoms with Crippen LogP contribution in [-0.2, 0) is 27.9 Å². The molecule has 0 atom stereocenters. The van der Waals surface area contributed by atoms with Crippen LogP contribution in [0.1, 0.15) is 23.1 Å². The van der Waals surface area contributed by atoms with E-state index in [1.165, 1.54) is 28.6 Å². The molecule has 2 rings (SSSR count). The Labute approximate surface area is 153 Å². The summed E-state index contributed by atoms with van der Waals surface area (Å²) in [6.07, 6.45) is 1.15. The Bertz CT molecular complexity index is 834. The van der Waals surface area contributed by atoms with E-state index in [9.17, 15) is 17.6 Å². The SMILES string of the molecule is Cc1ccc(CNC(=O)CCN(Cc2ccc(F)cc2)S(C)(=O)=O)cc1. The maximum atomic E-state index is 13.0. The van der Waals surface area contributed by atoms with Gasteiger partial charge in [-0.1, -0.05) is 42.0 Å². The summed E-state index contributed by atoms with van der Waals surface area (Å²) in [5, 5.41) is 2.79. The molecule has 0 aromatic heterocycles. The van der Waals surface area contributed by atoms with Crippen LogP contribution in [0.4, 0.5) is 4.39 Å². The highest BCUT2D eigenvalue weighted by Crippen LogP contribution is 2.10. The topological polar surface area (TPSA) is 66.5 Å². The molecule has 1 N–H and O–H groups in total. The van der Waals surface area contributed by atoms with Crippen LogP contribution in [0.15, 0.2) is 48.5 Å². The number of sulfonamides is 1. The summed E-state index contributed by atoms with van der Waals surface area (Å²) in [4.78, 5) is 12.0. The molecule has 0 fully saturated rings. The first-order valence-corrected chi connectivity index (χ1v) is 10.1. The van der Waals surface area contributed by atoms with E-state index in [1.54, 1.807) is 0 Å². The number of hydrogen-bond donors (Lipinski definition) is 1. The predicted molar refractivity (Wildman–Crippen MR) is 99.3 cm³/mol. The summed E-state index contributed by atoms with van der Waals surface area (Å²) in [6.45, 7) is 2.56. The number of benzene rings is 2. The molecule has 2 aromatic rings. The van der Waals surface area contributed by atoms with Crippen molar-refractivity contribution in [1.82, 2.24) is 9.62 Å².